The Labute approximate surface area is 181 Å². The lowest BCUT2D eigenvalue weighted by atomic mass is 10.0. The summed E-state index contributed by atoms with van der Waals surface area (Å²) in [5, 5.41) is 8.31. The number of aromatic nitrogens is 1. The van der Waals surface area contributed by atoms with Gasteiger partial charge in [0, 0.05) is 7.11 Å². The van der Waals surface area contributed by atoms with Crippen LogP contribution >= 0.6 is 11.3 Å². The average molecular weight is 418 g/mol. The van der Waals surface area contributed by atoms with Crippen molar-refractivity contribution in [3.63, 3.8) is 0 Å². The fraction of sp³-hybridized carbons (Fsp3) is 0.240. The van der Waals surface area contributed by atoms with Gasteiger partial charge in [0.05, 0.1) is 40.8 Å². The summed E-state index contributed by atoms with van der Waals surface area (Å²) < 4.78 is 6.70. The first-order chi connectivity index (χ1) is 14.7. The van der Waals surface area contributed by atoms with Crippen molar-refractivity contribution in [1.82, 2.24) is 4.98 Å². The monoisotopic (exact) mass is 417 g/mol. The minimum atomic E-state index is 0.183. The summed E-state index contributed by atoms with van der Waals surface area (Å²) in [6.45, 7) is 3.45. The van der Waals surface area contributed by atoms with E-state index in [9.17, 15) is 0 Å². The van der Waals surface area contributed by atoms with Gasteiger partial charge in [-0.1, -0.05) is 54.1 Å². The van der Waals surface area contributed by atoms with E-state index in [1.165, 1.54) is 15.8 Å². The molecule has 1 unspecified atom stereocenters. The molecule has 0 bridgehead atoms. The highest BCUT2D eigenvalue weighted by Crippen LogP contribution is 2.26. The van der Waals surface area contributed by atoms with Crippen LogP contribution in [0.4, 0.5) is 11.4 Å². The molecule has 4 nitrogen and oxygen atoms in total. The lowest BCUT2D eigenvalue weighted by Crippen LogP contribution is -2.28. The van der Waals surface area contributed by atoms with Crippen LogP contribution in [0, 0.1) is 6.92 Å². The number of para-hydroxylation sites is 3. The van der Waals surface area contributed by atoms with Crippen LogP contribution in [-0.2, 0) is 17.7 Å². The average Bonchev–Trinajstić information content (AvgIpc) is 3.18. The van der Waals surface area contributed by atoms with Gasteiger partial charge in [-0.2, -0.15) is 0 Å². The van der Waals surface area contributed by atoms with Crippen LogP contribution in [0.1, 0.15) is 16.1 Å². The molecule has 0 aliphatic heterocycles. The molecule has 30 heavy (non-hydrogen) atoms. The molecular formula is C25H27N3OS. The summed E-state index contributed by atoms with van der Waals surface area (Å²) in [5.41, 5.74) is 5.79. The maximum Gasteiger partial charge on any atom is 0.113 e. The number of ether oxygens (including phenoxy) is 1. The van der Waals surface area contributed by atoms with Crippen molar-refractivity contribution in [3.05, 3.63) is 88.9 Å². The Bertz CT molecular complexity index is 1060. The van der Waals surface area contributed by atoms with E-state index in [-0.39, 0.29) is 6.04 Å². The molecule has 5 heteroatoms. The van der Waals surface area contributed by atoms with Gasteiger partial charge in [-0.15, -0.1) is 11.3 Å². The Balaban J connectivity index is 1.46. The molecule has 0 saturated heterocycles. The molecular weight excluding hydrogens is 390 g/mol. The van der Waals surface area contributed by atoms with Crippen molar-refractivity contribution in [2.45, 2.75) is 25.9 Å². The van der Waals surface area contributed by atoms with Gasteiger partial charge in [0.1, 0.15) is 5.01 Å². The number of hydrogen-bond acceptors (Lipinski definition) is 5. The molecule has 1 heterocycles. The summed E-state index contributed by atoms with van der Waals surface area (Å²) in [6, 6.07) is 25.5. The topological polar surface area (TPSA) is 46.2 Å². The maximum atomic E-state index is 5.48. The van der Waals surface area contributed by atoms with Crippen LogP contribution in [-0.4, -0.2) is 24.7 Å². The SMILES string of the molecule is COCC(Cc1ccc(C)cc1)Nc1ccccc1NCc1nc2ccccc2s1. The molecule has 0 amide bonds. The molecule has 3 aromatic carbocycles. The molecule has 4 aromatic rings. The van der Waals surface area contributed by atoms with E-state index in [2.05, 4.69) is 84.3 Å². The molecule has 1 aromatic heterocycles. The lowest BCUT2D eigenvalue weighted by Gasteiger charge is -2.22. The van der Waals surface area contributed by atoms with E-state index in [4.69, 9.17) is 9.72 Å². The summed E-state index contributed by atoms with van der Waals surface area (Å²) in [7, 11) is 1.75. The largest absolute Gasteiger partial charge is 0.383 e. The number of methoxy groups -OCH3 is 1. The highest BCUT2D eigenvalue weighted by Gasteiger charge is 2.12. The van der Waals surface area contributed by atoms with Crippen molar-refractivity contribution in [1.29, 1.82) is 0 Å². The predicted molar refractivity (Wildman–Crippen MR) is 128 cm³/mol. The van der Waals surface area contributed by atoms with Crippen molar-refractivity contribution >= 4 is 32.9 Å². The standard InChI is InChI=1S/C25H27N3OS/c1-18-11-13-19(14-12-18)15-20(17-29-2)27-22-8-4-3-7-21(22)26-16-25-28-23-9-5-6-10-24(23)30-25/h3-14,20,26-27H,15-17H2,1-2H3. The molecule has 0 aliphatic rings. The number of nitrogens with one attached hydrogen (secondary N) is 2. The zero-order valence-electron chi connectivity index (χ0n) is 17.4. The first-order valence-corrected chi connectivity index (χ1v) is 11.0. The van der Waals surface area contributed by atoms with Crippen LogP contribution in [0.5, 0.6) is 0 Å². The first kappa shape index (κ1) is 20.4. The molecule has 0 aliphatic carbocycles. The zero-order valence-corrected chi connectivity index (χ0v) is 18.2. The molecule has 4 rings (SSSR count). The highest BCUT2D eigenvalue weighted by molar-refractivity contribution is 7.18. The van der Waals surface area contributed by atoms with Crippen LogP contribution < -0.4 is 10.6 Å². The number of benzene rings is 3. The molecule has 2 N–H and O–H groups in total. The van der Waals surface area contributed by atoms with Gasteiger partial charge in [-0.25, -0.2) is 4.98 Å². The van der Waals surface area contributed by atoms with Gasteiger partial charge in [0.15, 0.2) is 0 Å². The third-order valence-electron chi connectivity index (χ3n) is 5.03. The number of thiazole rings is 1. The fourth-order valence-electron chi connectivity index (χ4n) is 3.51. The number of nitrogens with zero attached hydrogens (tertiary/aromatic N) is 1. The fourth-order valence-corrected chi connectivity index (χ4v) is 4.42. The van der Waals surface area contributed by atoms with Crippen molar-refractivity contribution in [2.75, 3.05) is 24.4 Å². The van der Waals surface area contributed by atoms with Crippen molar-refractivity contribution in [2.24, 2.45) is 0 Å². The smallest absolute Gasteiger partial charge is 0.113 e. The number of rotatable bonds is 9. The third-order valence-corrected chi connectivity index (χ3v) is 6.06. The van der Waals surface area contributed by atoms with Crippen molar-refractivity contribution in [3.8, 4) is 0 Å². The maximum absolute atomic E-state index is 5.48. The summed E-state index contributed by atoms with van der Waals surface area (Å²) in [4.78, 5) is 4.73. The Morgan fingerprint density at radius 1 is 0.933 bits per heavy atom. The third kappa shape index (κ3) is 5.17. The van der Waals surface area contributed by atoms with Gasteiger partial charge < -0.3 is 15.4 Å². The van der Waals surface area contributed by atoms with Gasteiger partial charge in [0.25, 0.3) is 0 Å². The van der Waals surface area contributed by atoms with E-state index in [0.29, 0.717) is 13.2 Å². The number of hydrogen-bond donors (Lipinski definition) is 2. The van der Waals surface area contributed by atoms with E-state index in [1.807, 2.05) is 6.07 Å². The molecule has 0 saturated carbocycles. The summed E-state index contributed by atoms with van der Waals surface area (Å²) >= 11 is 1.73. The van der Waals surface area contributed by atoms with Gasteiger partial charge >= 0.3 is 0 Å². The Hall–Kier alpha value is -2.89. The number of anilines is 2. The predicted octanol–water partition coefficient (Wildman–Crippen LogP) is 5.89. The van der Waals surface area contributed by atoms with Crippen LogP contribution in [0.2, 0.25) is 0 Å². The van der Waals surface area contributed by atoms with E-state index < -0.39 is 0 Å². The molecule has 0 fully saturated rings. The normalized spacial score (nSPS) is 12.1. The number of aryl methyl sites for hydroxylation is 1. The lowest BCUT2D eigenvalue weighted by molar-refractivity contribution is 0.185. The first-order valence-electron chi connectivity index (χ1n) is 10.2. The molecule has 0 spiro atoms. The minimum Gasteiger partial charge on any atom is -0.383 e. The van der Waals surface area contributed by atoms with Crippen molar-refractivity contribution < 1.29 is 4.74 Å². The Morgan fingerprint density at radius 3 is 2.43 bits per heavy atom. The van der Waals surface area contributed by atoms with E-state index in [1.54, 1.807) is 18.4 Å². The van der Waals surface area contributed by atoms with Crippen LogP contribution in [0.25, 0.3) is 10.2 Å². The number of fused-ring (bicyclic) bond motifs is 1. The Morgan fingerprint density at radius 2 is 1.67 bits per heavy atom. The second kappa shape index (κ2) is 9.74. The van der Waals surface area contributed by atoms with Crippen LogP contribution in [0.3, 0.4) is 0 Å². The summed E-state index contributed by atoms with van der Waals surface area (Å²) in [6.07, 6.45) is 0.903. The highest BCUT2D eigenvalue weighted by atomic mass is 32.1. The quantitative estimate of drug-likeness (QED) is 0.357. The molecule has 0 radical (unpaired) electrons. The molecule has 154 valence electrons. The van der Waals surface area contributed by atoms with E-state index >= 15 is 0 Å². The second-order valence-corrected chi connectivity index (χ2v) is 8.58. The van der Waals surface area contributed by atoms with Crippen LogP contribution in [0.15, 0.2) is 72.8 Å². The van der Waals surface area contributed by atoms with Gasteiger partial charge in [-0.05, 0) is 43.2 Å². The minimum absolute atomic E-state index is 0.183. The summed E-state index contributed by atoms with van der Waals surface area (Å²) in [5.74, 6) is 0. The van der Waals surface area contributed by atoms with Gasteiger partial charge in [0.2, 0.25) is 0 Å². The Kier molecular flexibility index (Phi) is 6.62. The molecule has 1 atom stereocenters. The van der Waals surface area contributed by atoms with Gasteiger partial charge in [-0.3, -0.25) is 0 Å². The second-order valence-electron chi connectivity index (χ2n) is 7.46. The zero-order chi connectivity index (χ0) is 20.8. The van der Waals surface area contributed by atoms with E-state index in [0.717, 1.165) is 28.3 Å².